The van der Waals surface area contributed by atoms with Crippen molar-refractivity contribution in [2.75, 3.05) is 13.1 Å². The molecule has 0 aromatic heterocycles. The number of carbonyl (C=O) groups excluding carboxylic acids is 1. The van der Waals surface area contributed by atoms with Crippen LogP contribution in [0.1, 0.15) is 98.8 Å². The van der Waals surface area contributed by atoms with E-state index in [9.17, 15) is 15.0 Å². The molecule has 0 saturated carbocycles. The highest BCUT2D eigenvalue weighted by atomic mass is 16.7. The zero-order chi connectivity index (χ0) is 23.2. The average molecular weight is 444 g/mol. The van der Waals surface area contributed by atoms with Crippen LogP contribution in [-0.4, -0.2) is 59.8 Å². The molecule has 0 radical (unpaired) electrons. The minimum absolute atomic E-state index is 0.0140. The van der Waals surface area contributed by atoms with Gasteiger partial charge in [-0.25, -0.2) is 0 Å². The molecule has 0 bridgehead atoms. The molecule has 1 fully saturated rings. The fraction of sp³-hybridized carbons (Fsp3) is 0.960. The van der Waals surface area contributed by atoms with Crippen LogP contribution in [-0.2, 0) is 14.3 Å². The minimum Gasteiger partial charge on any atom is -0.390 e. The van der Waals surface area contributed by atoms with Gasteiger partial charge in [-0.3, -0.25) is 4.79 Å². The molecule has 6 heteroatoms. The Morgan fingerprint density at radius 3 is 2.06 bits per heavy atom. The Morgan fingerprint density at radius 2 is 1.48 bits per heavy atom. The zero-order valence-corrected chi connectivity index (χ0v) is 20.6. The van der Waals surface area contributed by atoms with E-state index >= 15 is 0 Å². The van der Waals surface area contributed by atoms with Gasteiger partial charge in [0.15, 0.2) is 12.1 Å². The van der Waals surface area contributed by atoms with Crippen molar-refractivity contribution in [1.29, 1.82) is 0 Å². The van der Waals surface area contributed by atoms with Crippen LogP contribution in [0.25, 0.3) is 0 Å². The molecular weight excluding hydrogens is 394 g/mol. The van der Waals surface area contributed by atoms with Crippen LogP contribution in [0.4, 0.5) is 0 Å². The minimum atomic E-state index is -1.14. The second-order valence-corrected chi connectivity index (χ2v) is 9.71. The summed E-state index contributed by atoms with van der Waals surface area (Å²) in [6.07, 6.45) is 6.95. The van der Waals surface area contributed by atoms with Gasteiger partial charge in [0.05, 0.1) is 12.2 Å². The lowest BCUT2D eigenvalue weighted by molar-refractivity contribution is -0.292. The molecule has 1 saturated heterocycles. The first kappa shape index (κ1) is 28.5. The van der Waals surface area contributed by atoms with Gasteiger partial charge in [0.25, 0.3) is 0 Å². The van der Waals surface area contributed by atoms with Crippen molar-refractivity contribution >= 4 is 5.78 Å². The summed E-state index contributed by atoms with van der Waals surface area (Å²) in [4.78, 5) is 12.9. The first-order valence-electron chi connectivity index (χ1n) is 12.7. The van der Waals surface area contributed by atoms with Crippen molar-refractivity contribution in [3.8, 4) is 0 Å². The van der Waals surface area contributed by atoms with E-state index in [0.717, 1.165) is 32.4 Å². The summed E-state index contributed by atoms with van der Waals surface area (Å²) < 4.78 is 11.5. The first-order valence-corrected chi connectivity index (χ1v) is 12.7. The number of unbranched alkanes of at least 4 members (excludes halogenated alkanes) is 7. The molecular formula is C25H49NO5. The molecule has 0 aromatic carbocycles. The number of ketones is 1. The molecule has 0 spiro atoms. The summed E-state index contributed by atoms with van der Waals surface area (Å²) in [5, 5.41) is 24.5. The fourth-order valence-corrected chi connectivity index (χ4v) is 4.30. The van der Waals surface area contributed by atoms with Crippen molar-refractivity contribution in [1.82, 2.24) is 5.32 Å². The number of hydrogen-bond donors (Lipinski definition) is 3. The Kier molecular flexibility index (Phi) is 14.8. The fourth-order valence-electron chi connectivity index (χ4n) is 4.30. The number of ether oxygens (including phenoxy) is 2. The van der Waals surface area contributed by atoms with E-state index in [0.29, 0.717) is 6.42 Å². The zero-order valence-electron chi connectivity index (χ0n) is 20.6. The number of hydrogen-bond acceptors (Lipinski definition) is 6. The van der Waals surface area contributed by atoms with Gasteiger partial charge in [0.1, 0.15) is 12.2 Å². The molecule has 1 rings (SSSR count). The van der Waals surface area contributed by atoms with Crippen molar-refractivity contribution in [2.24, 2.45) is 11.8 Å². The predicted octanol–water partition coefficient (Wildman–Crippen LogP) is 4.21. The molecule has 5 atom stereocenters. The maximum atomic E-state index is 12.9. The molecule has 6 nitrogen and oxygen atoms in total. The molecule has 0 amide bonds. The normalized spacial score (nSPS) is 26.7. The number of Topliss-reactive ketones (excluding diaryl/α,β-unsaturated/α-hetero) is 1. The molecule has 1 aliphatic rings. The topological polar surface area (TPSA) is 88.0 Å². The summed E-state index contributed by atoms with van der Waals surface area (Å²) in [5.74, 6) is -0.379. The lowest BCUT2D eigenvalue weighted by Crippen LogP contribution is -2.59. The van der Waals surface area contributed by atoms with Gasteiger partial charge < -0.3 is 25.0 Å². The third-order valence-corrected chi connectivity index (χ3v) is 6.13. The summed E-state index contributed by atoms with van der Waals surface area (Å²) in [7, 11) is 0. The summed E-state index contributed by atoms with van der Waals surface area (Å²) in [6, 6.07) is 0. The van der Waals surface area contributed by atoms with Crippen molar-refractivity contribution in [3.63, 3.8) is 0 Å². The van der Waals surface area contributed by atoms with Crippen LogP contribution in [0.3, 0.4) is 0 Å². The Morgan fingerprint density at radius 1 is 0.903 bits per heavy atom. The van der Waals surface area contributed by atoms with Crippen molar-refractivity contribution in [2.45, 2.75) is 130 Å². The smallest absolute Gasteiger partial charge is 0.187 e. The van der Waals surface area contributed by atoms with E-state index in [1.165, 1.54) is 38.5 Å². The molecule has 0 aromatic rings. The lowest BCUT2D eigenvalue weighted by atomic mass is 9.78. The molecule has 184 valence electrons. The summed E-state index contributed by atoms with van der Waals surface area (Å²) in [6.45, 7) is 12.1. The highest BCUT2D eigenvalue weighted by Gasteiger charge is 2.48. The third-order valence-electron chi connectivity index (χ3n) is 6.13. The first-order chi connectivity index (χ1) is 14.8. The third kappa shape index (κ3) is 10.8. The van der Waals surface area contributed by atoms with Crippen molar-refractivity contribution in [3.05, 3.63) is 0 Å². The highest BCUT2D eigenvalue weighted by Crippen LogP contribution is 2.33. The van der Waals surface area contributed by atoms with Crippen LogP contribution >= 0.6 is 0 Å². The largest absolute Gasteiger partial charge is 0.390 e. The summed E-state index contributed by atoms with van der Waals surface area (Å²) in [5.41, 5.74) is 0. The predicted molar refractivity (Wildman–Crippen MR) is 125 cm³/mol. The van der Waals surface area contributed by atoms with Gasteiger partial charge in [0, 0.05) is 12.3 Å². The standard InChI is InChI=1S/C25H49NO5/c1-6-7-16-26-17-14-12-10-8-9-11-13-15-20(27)24-21(18(2)3)22(28)23(29)25(31-24)30-19(4)5/h18-19,21-26,28-29H,6-17H2,1-5H3. The average Bonchev–Trinajstić information content (AvgIpc) is 2.71. The molecule has 1 aliphatic heterocycles. The Balaban J connectivity index is 2.30. The molecule has 5 unspecified atom stereocenters. The molecule has 31 heavy (non-hydrogen) atoms. The van der Waals surface area contributed by atoms with E-state index in [2.05, 4.69) is 12.2 Å². The second-order valence-electron chi connectivity index (χ2n) is 9.71. The van der Waals surface area contributed by atoms with Crippen LogP contribution in [0, 0.1) is 11.8 Å². The van der Waals surface area contributed by atoms with Crippen LogP contribution in [0.15, 0.2) is 0 Å². The maximum absolute atomic E-state index is 12.9. The van der Waals surface area contributed by atoms with Crippen LogP contribution < -0.4 is 5.32 Å². The second kappa shape index (κ2) is 16.1. The van der Waals surface area contributed by atoms with Gasteiger partial charge in [0.2, 0.25) is 0 Å². The quantitative estimate of drug-likeness (QED) is 0.292. The highest BCUT2D eigenvalue weighted by molar-refractivity contribution is 5.83. The number of aliphatic hydroxyl groups excluding tert-OH is 2. The van der Waals surface area contributed by atoms with Crippen molar-refractivity contribution < 1.29 is 24.5 Å². The number of nitrogens with one attached hydrogen (secondary N) is 1. The van der Waals surface area contributed by atoms with Gasteiger partial charge >= 0.3 is 0 Å². The number of aliphatic hydroxyl groups is 2. The Hall–Kier alpha value is -0.530. The number of rotatable bonds is 17. The van der Waals surface area contributed by atoms with Gasteiger partial charge in [-0.15, -0.1) is 0 Å². The van der Waals surface area contributed by atoms with E-state index in [1.807, 2.05) is 27.7 Å². The van der Waals surface area contributed by atoms with E-state index in [1.54, 1.807) is 0 Å². The van der Waals surface area contributed by atoms with Gasteiger partial charge in [-0.2, -0.15) is 0 Å². The van der Waals surface area contributed by atoms with E-state index in [4.69, 9.17) is 9.47 Å². The van der Waals surface area contributed by atoms with Gasteiger partial charge in [-0.05, 0) is 52.1 Å². The maximum Gasteiger partial charge on any atom is 0.187 e. The number of carbonyl (C=O) groups is 1. The molecule has 1 heterocycles. The Bertz CT molecular complexity index is 469. The van der Waals surface area contributed by atoms with Crippen LogP contribution in [0.5, 0.6) is 0 Å². The molecule has 0 aliphatic carbocycles. The lowest BCUT2D eigenvalue weighted by Gasteiger charge is -2.44. The Labute approximate surface area is 190 Å². The van der Waals surface area contributed by atoms with Gasteiger partial charge in [-0.1, -0.05) is 59.3 Å². The van der Waals surface area contributed by atoms with E-state index < -0.39 is 30.5 Å². The molecule has 3 N–H and O–H groups in total. The SMILES string of the molecule is CCCCNCCCCCCCCCC(=O)C1OC(OC(C)C)C(O)C(O)C1C(C)C. The summed E-state index contributed by atoms with van der Waals surface area (Å²) >= 11 is 0. The monoisotopic (exact) mass is 443 g/mol. The van der Waals surface area contributed by atoms with Crippen LogP contribution in [0.2, 0.25) is 0 Å². The van der Waals surface area contributed by atoms with E-state index in [-0.39, 0.29) is 17.8 Å².